The van der Waals surface area contributed by atoms with Crippen LogP contribution in [0.25, 0.3) is 0 Å². The SMILES string of the molecule is c1cc2c3c(c1)C[C@@H](NCC1CC1)C[C@H]3CC2. The number of aryl methyl sites for hydroxylation is 1. The predicted molar refractivity (Wildman–Crippen MR) is 70.3 cm³/mol. The Bertz CT molecular complexity index is 433. The molecular formula is C16H21N. The highest BCUT2D eigenvalue weighted by Crippen LogP contribution is 2.42. The van der Waals surface area contributed by atoms with Crippen LogP contribution in [0.15, 0.2) is 18.2 Å². The summed E-state index contributed by atoms with van der Waals surface area (Å²) in [5.74, 6) is 1.87. The average molecular weight is 227 g/mol. The summed E-state index contributed by atoms with van der Waals surface area (Å²) in [7, 11) is 0. The van der Waals surface area contributed by atoms with E-state index in [1.54, 1.807) is 16.7 Å². The first-order valence-electron chi connectivity index (χ1n) is 7.24. The van der Waals surface area contributed by atoms with Crippen molar-refractivity contribution in [3.8, 4) is 0 Å². The van der Waals surface area contributed by atoms with E-state index in [0.29, 0.717) is 0 Å². The largest absolute Gasteiger partial charge is 0.313 e. The fourth-order valence-corrected chi connectivity index (χ4v) is 3.80. The molecule has 2 atom stereocenters. The molecule has 1 saturated carbocycles. The van der Waals surface area contributed by atoms with Gasteiger partial charge in [-0.1, -0.05) is 18.2 Å². The molecule has 0 bridgehead atoms. The molecule has 0 amide bonds. The third-order valence-corrected chi connectivity index (χ3v) is 4.88. The van der Waals surface area contributed by atoms with Crippen LogP contribution in [0.4, 0.5) is 0 Å². The molecule has 3 aliphatic carbocycles. The summed E-state index contributed by atoms with van der Waals surface area (Å²) in [5, 5.41) is 3.81. The molecule has 3 aliphatic rings. The molecule has 0 saturated heterocycles. The van der Waals surface area contributed by atoms with Gasteiger partial charge in [0.15, 0.2) is 0 Å². The summed E-state index contributed by atoms with van der Waals surface area (Å²) in [6.45, 7) is 1.27. The molecule has 0 radical (unpaired) electrons. The molecule has 1 aromatic carbocycles. The minimum atomic E-state index is 0.751. The first-order valence-corrected chi connectivity index (χ1v) is 7.24. The Labute approximate surface area is 104 Å². The highest BCUT2D eigenvalue weighted by molar-refractivity contribution is 5.44. The molecule has 0 unspecified atom stereocenters. The van der Waals surface area contributed by atoms with Crippen molar-refractivity contribution in [1.29, 1.82) is 0 Å². The van der Waals surface area contributed by atoms with E-state index >= 15 is 0 Å². The van der Waals surface area contributed by atoms with Gasteiger partial charge in [-0.3, -0.25) is 0 Å². The zero-order valence-corrected chi connectivity index (χ0v) is 10.4. The van der Waals surface area contributed by atoms with E-state index in [4.69, 9.17) is 0 Å². The smallest absolute Gasteiger partial charge is 0.0113 e. The quantitative estimate of drug-likeness (QED) is 0.837. The summed E-state index contributed by atoms with van der Waals surface area (Å²) in [6.07, 6.45) is 8.30. The molecule has 4 rings (SSSR count). The molecule has 0 spiro atoms. The lowest BCUT2D eigenvalue weighted by atomic mass is 9.81. The van der Waals surface area contributed by atoms with Crippen LogP contribution in [0, 0.1) is 5.92 Å². The Kier molecular flexibility index (Phi) is 2.29. The van der Waals surface area contributed by atoms with Crippen molar-refractivity contribution in [3.05, 3.63) is 34.9 Å². The number of rotatable bonds is 3. The van der Waals surface area contributed by atoms with Crippen molar-refractivity contribution in [2.45, 2.75) is 50.5 Å². The van der Waals surface area contributed by atoms with E-state index in [-0.39, 0.29) is 0 Å². The Morgan fingerprint density at radius 1 is 1.12 bits per heavy atom. The Morgan fingerprint density at radius 3 is 2.88 bits per heavy atom. The monoisotopic (exact) mass is 227 g/mol. The summed E-state index contributed by atoms with van der Waals surface area (Å²) >= 11 is 0. The van der Waals surface area contributed by atoms with Crippen LogP contribution in [0.2, 0.25) is 0 Å². The van der Waals surface area contributed by atoms with Crippen LogP contribution >= 0.6 is 0 Å². The van der Waals surface area contributed by atoms with Crippen LogP contribution in [0.1, 0.15) is 48.3 Å². The summed E-state index contributed by atoms with van der Waals surface area (Å²) in [6, 6.07) is 7.72. The molecule has 1 nitrogen and oxygen atoms in total. The topological polar surface area (TPSA) is 12.0 Å². The molecule has 1 N–H and O–H groups in total. The first kappa shape index (κ1) is 10.1. The maximum absolute atomic E-state index is 3.81. The van der Waals surface area contributed by atoms with Crippen molar-refractivity contribution in [3.63, 3.8) is 0 Å². The summed E-state index contributed by atoms with van der Waals surface area (Å²) in [5.41, 5.74) is 5.02. The zero-order chi connectivity index (χ0) is 11.2. The van der Waals surface area contributed by atoms with Gasteiger partial charge in [0.05, 0.1) is 0 Å². The van der Waals surface area contributed by atoms with Gasteiger partial charge in [-0.25, -0.2) is 0 Å². The van der Waals surface area contributed by atoms with Crippen LogP contribution in [-0.4, -0.2) is 12.6 Å². The van der Waals surface area contributed by atoms with E-state index in [2.05, 4.69) is 23.5 Å². The predicted octanol–water partition coefficient (Wildman–Crippen LogP) is 3.03. The Balaban J connectivity index is 1.54. The normalized spacial score (nSPS) is 30.4. The van der Waals surface area contributed by atoms with Crippen molar-refractivity contribution in [2.24, 2.45) is 5.92 Å². The molecule has 0 heterocycles. The Morgan fingerprint density at radius 2 is 2.00 bits per heavy atom. The van der Waals surface area contributed by atoms with Gasteiger partial charge in [0.1, 0.15) is 0 Å². The molecule has 1 fully saturated rings. The third kappa shape index (κ3) is 1.81. The van der Waals surface area contributed by atoms with Crippen LogP contribution < -0.4 is 5.32 Å². The second-order valence-corrected chi connectivity index (χ2v) is 6.21. The number of benzene rings is 1. The first-order chi connectivity index (χ1) is 8.40. The van der Waals surface area contributed by atoms with Gasteiger partial charge in [0.2, 0.25) is 0 Å². The van der Waals surface area contributed by atoms with E-state index < -0.39 is 0 Å². The minimum Gasteiger partial charge on any atom is -0.313 e. The fraction of sp³-hybridized carbons (Fsp3) is 0.625. The lowest BCUT2D eigenvalue weighted by Crippen LogP contribution is -2.36. The average Bonchev–Trinajstić information content (AvgIpc) is 3.10. The molecule has 0 aliphatic heterocycles. The molecule has 90 valence electrons. The van der Waals surface area contributed by atoms with Gasteiger partial charge in [0.25, 0.3) is 0 Å². The highest BCUT2D eigenvalue weighted by Gasteiger charge is 2.33. The van der Waals surface area contributed by atoms with Gasteiger partial charge in [-0.2, -0.15) is 0 Å². The van der Waals surface area contributed by atoms with Gasteiger partial charge in [-0.05, 0) is 73.6 Å². The fourth-order valence-electron chi connectivity index (χ4n) is 3.80. The second-order valence-electron chi connectivity index (χ2n) is 6.21. The van der Waals surface area contributed by atoms with Crippen LogP contribution in [-0.2, 0) is 12.8 Å². The van der Waals surface area contributed by atoms with Crippen molar-refractivity contribution in [1.82, 2.24) is 5.32 Å². The number of hydrogen-bond donors (Lipinski definition) is 1. The summed E-state index contributed by atoms with van der Waals surface area (Å²) in [4.78, 5) is 0. The zero-order valence-electron chi connectivity index (χ0n) is 10.4. The minimum absolute atomic E-state index is 0.751. The lowest BCUT2D eigenvalue weighted by Gasteiger charge is -2.30. The standard InChI is InChI=1S/C16H21N/c1-2-12-6-7-14-9-15(17-10-11-4-5-11)8-13(3-1)16(12)14/h1-3,11,14-15,17H,4-10H2/t14-,15-/m1/s1. The van der Waals surface area contributed by atoms with Crippen molar-refractivity contribution in [2.75, 3.05) is 6.54 Å². The van der Waals surface area contributed by atoms with Gasteiger partial charge in [0, 0.05) is 6.04 Å². The lowest BCUT2D eigenvalue weighted by molar-refractivity contribution is 0.406. The number of hydrogen-bond acceptors (Lipinski definition) is 1. The van der Waals surface area contributed by atoms with Gasteiger partial charge >= 0.3 is 0 Å². The molecular weight excluding hydrogens is 206 g/mol. The highest BCUT2D eigenvalue weighted by atomic mass is 14.9. The van der Waals surface area contributed by atoms with Crippen LogP contribution in [0.3, 0.4) is 0 Å². The van der Waals surface area contributed by atoms with Gasteiger partial charge in [-0.15, -0.1) is 0 Å². The Hall–Kier alpha value is -0.820. The molecule has 1 heteroatoms. The van der Waals surface area contributed by atoms with E-state index in [0.717, 1.165) is 17.9 Å². The number of nitrogens with one attached hydrogen (secondary N) is 1. The third-order valence-electron chi connectivity index (χ3n) is 4.88. The van der Waals surface area contributed by atoms with Crippen molar-refractivity contribution >= 4 is 0 Å². The van der Waals surface area contributed by atoms with E-state index in [1.807, 2.05) is 0 Å². The van der Waals surface area contributed by atoms with E-state index in [1.165, 1.54) is 45.1 Å². The summed E-state index contributed by atoms with van der Waals surface area (Å²) < 4.78 is 0. The second kappa shape index (κ2) is 3.84. The van der Waals surface area contributed by atoms with Crippen LogP contribution in [0.5, 0.6) is 0 Å². The van der Waals surface area contributed by atoms with Crippen molar-refractivity contribution < 1.29 is 0 Å². The van der Waals surface area contributed by atoms with E-state index in [9.17, 15) is 0 Å². The molecule has 1 aromatic rings. The van der Waals surface area contributed by atoms with Gasteiger partial charge < -0.3 is 5.32 Å². The molecule has 0 aromatic heterocycles. The molecule has 17 heavy (non-hydrogen) atoms. The maximum Gasteiger partial charge on any atom is 0.0113 e. The maximum atomic E-state index is 3.81.